The lowest BCUT2D eigenvalue weighted by atomic mass is 10.0. The highest BCUT2D eigenvalue weighted by Gasteiger charge is 2.14. The number of benzene rings is 1. The molecule has 0 saturated heterocycles. The van der Waals surface area contributed by atoms with Crippen molar-refractivity contribution in [2.45, 2.75) is 39.0 Å². The number of fused-ring (bicyclic) bond motifs is 1. The molecule has 6 nitrogen and oxygen atoms in total. The van der Waals surface area contributed by atoms with Gasteiger partial charge in [0.1, 0.15) is 0 Å². The van der Waals surface area contributed by atoms with Gasteiger partial charge in [-0.1, -0.05) is 38.0 Å². The minimum atomic E-state index is -0.371. The summed E-state index contributed by atoms with van der Waals surface area (Å²) in [5.41, 5.74) is 3.13. The molecule has 0 aliphatic carbocycles. The lowest BCUT2D eigenvalue weighted by Crippen LogP contribution is -2.20. The highest BCUT2D eigenvalue weighted by Crippen LogP contribution is 2.22. The predicted molar refractivity (Wildman–Crippen MR) is 92.6 cm³/mol. The summed E-state index contributed by atoms with van der Waals surface area (Å²) in [4.78, 5) is 27.6. The van der Waals surface area contributed by atoms with Crippen LogP contribution in [0.2, 0.25) is 0 Å². The molecule has 1 aromatic carbocycles. The van der Waals surface area contributed by atoms with Crippen molar-refractivity contribution >= 4 is 28.4 Å². The van der Waals surface area contributed by atoms with Gasteiger partial charge in [0, 0.05) is 23.9 Å². The normalized spacial score (nSPS) is 11.9. The van der Waals surface area contributed by atoms with Crippen molar-refractivity contribution in [1.82, 2.24) is 10.5 Å². The van der Waals surface area contributed by atoms with Crippen molar-refractivity contribution in [2.24, 2.45) is 5.92 Å². The summed E-state index contributed by atoms with van der Waals surface area (Å²) in [7, 11) is 0. The molecule has 1 unspecified atom stereocenters. The lowest BCUT2D eigenvalue weighted by Gasteiger charge is -2.13. The third-order valence-corrected chi connectivity index (χ3v) is 4.00. The van der Waals surface area contributed by atoms with Gasteiger partial charge in [-0.2, -0.15) is 0 Å². The molecule has 0 fully saturated rings. The Hall–Kier alpha value is -2.47. The summed E-state index contributed by atoms with van der Waals surface area (Å²) in [6, 6.07) is 9.55. The van der Waals surface area contributed by atoms with Gasteiger partial charge in [0.25, 0.3) is 0 Å². The Bertz CT molecular complexity index is 697. The van der Waals surface area contributed by atoms with E-state index in [1.165, 1.54) is 0 Å². The SMILES string of the molecule is CC(CCCCCC(=O)NO)C(=O)Nc1cccc2cccnc12. The van der Waals surface area contributed by atoms with Crippen LogP contribution in [-0.2, 0) is 9.59 Å². The summed E-state index contributed by atoms with van der Waals surface area (Å²) in [6.45, 7) is 1.90. The monoisotopic (exact) mass is 329 g/mol. The maximum Gasteiger partial charge on any atom is 0.243 e. The highest BCUT2D eigenvalue weighted by molar-refractivity contribution is 6.00. The largest absolute Gasteiger partial charge is 0.324 e. The van der Waals surface area contributed by atoms with Gasteiger partial charge in [0.05, 0.1) is 11.2 Å². The molecule has 128 valence electrons. The zero-order valence-electron chi connectivity index (χ0n) is 13.8. The summed E-state index contributed by atoms with van der Waals surface area (Å²) in [5.74, 6) is -0.513. The number of nitrogens with zero attached hydrogens (tertiary/aromatic N) is 1. The number of hydrogen-bond acceptors (Lipinski definition) is 4. The molecule has 2 amide bonds. The third-order valence-electron chi connectivity index (χ3n) is 4.00. The van der Waals surface area contributed by atoms with Crippen LogP contribution in [0.4, 0.5) is 5.69 Å². The first kappa shape index (κ1) is 17.9. The van der Waals surface area contributed by atoms with Crippen LogP contribution >= 0.6 is 0 Å². The molecule has 6 heteroatoms. The van der Waals surface area contributed by atoms with Crippen LogP contribution in [0.3, 0.4) is 0 Å². The number of aromatic nitrogens is 1. The van der Waals surface area contributed by atoms with E-state index < -0.39 is 0 Å². The number of hydroxylamine groups is 1. The Kier molecular flexibility index (Phi) is 6.69. The fraction of sp³-hybridized carbons (Fsp3) is 0.389. The fourth-order valence-electron chi connectivity index (χ4n) is 2.56. The second-order valence-electron chi connectivity index (χ2n) is 5.91. The second kappa shape index (κ2) is 8.98. The lowest BCUT2D eigenvalue weighted by molar-refractivity contribution is -0.129. The smallest absolute Gasteiger partial charge is 0.243 e. The number of carbonyl (C=O) groups excluding carboxylic acids is 2. The van der Waals surface area contributed by atoms with Crippen LogP contribution in [0.5, 0.6) is 0 Å². The van der Waals surface area contributed by atoms with E-state index in [1.807, 2.05) is 37.3 Å². The zero-order chi connectivity index (χ0) is 17.4. The maximum atomic E-state index is 12.3. The van der Waals surface area contributed by atoms with E-state index in [2.05, 4.69) is 10.3 Å². The molecule has 1 atom stereocenters. The Morgan fingerprint density at radius 3 is 2.75 bits per heavy atom. The minimum Gasteiger partial charge on any atom is -0.324 e. The van der Waals surface area contributed by atoms with Crippen LogP contribution < -0.4 is 10.8 Å². The molecule has 1 aromatic heterocycles. The second-order valence-corrected chi connectivity index (χ2v) is 5.91. The van der Waals surface area contributed by atoms with E-state index in [0.29, 0.717) is 12.8 Å². The molecule has 0 spiro atoms. The minimum absolute atomic E-state index is 0.0266. The number of anilines is 1. The Balaban J connectivity index is 1.82. The van der Waals surface area contributed by atoms with Crippen molar-refractivity contribution in [3.8, 4) is 0 Å². The molecule has 3 N–H and O–H groups in total. The molecule has 2 rings (SSSR count). The van der Waals surface area contributed by atoms with E-state index in [1.54, 1.807) is 11.7 Å². The third kappa shape index (κ3) is 5.03. The first-order valence-corrected chi connectivity index (χ1v) is 8.19. The quantitative estimate of drug-likeness (QED) is 0.394. The molecule has 0 saturated carbocycles. The van der Waals surface area contributed by atoms with E-state index in [9.17, 15) is 9.59 Å². The van der Waals surface area contributed by atoms with Crippen molar-refractivity contribution in [2.75, 3.05) is 5.32 Å². The molecule has 1 heterocycles. The number of para-hydroxylation sites is 1. The zero-order valence-corrected chi connectivity index (χ0v) is 13.8. The number of rotatable bonds is 8. The molecule has 0 aliphatic rings. The molecular formula is C18H23N3O3. The topological polar surface area (TPSA) is 91.3 Å². The number of amides is 2. The van der Waals surface area contributed by atoms with Gasteiger partial charge in [-0.15, -0.1) is 0 Å². The van der Waals surface area contributed by atoms with Gasteiger partial charge >= 0.3 is 0 Å². The van der Waals surface area contributed by atoms with Crippen LogP contribution in [0.25, 0.3) is 10.9 Å². The number of pyridine rings is 1. The van der Waals surface area contributed by atoms with Gasteiger partial charge in [-0.05, 0) is 25.0 Å². The number of carbonyl (C=O) groups is 2. The highest BCUT2D eigenvalue weighted by atomic mass is 16.5. The van der Waals surface area contributed by atoms with Crippen molar-refractivity contribution in [3.63, 3.8) is 0 Å². The van der Waals surface area contributed by atoms with Gasteiger partial charge < -0.3 is 5.32 Å². The summed E-state index contributed by atoms with van der Waals surface area (Å²) in [6.07, 6.45) is 5.18. The predicted octanol–water partition coefficient (Wildman–Crippen LogP) is 3.27. The molecule has 0 aliphatic heterocycles. The van der Waals surface area contributed by atoms with Gasteiger partial charge in [0.2, 0.25) is 11.8 Å². The Morgan fingerprint density at radius 1 is 1.17 bits per heavy atom. The van der Waals surface area contributed by atoms with Crippen LogP contribution in [0.1, 0.15) is 39.0 Å². The summed E-state index contributed by atoms with van der Waals surface area (Å²) < 4.78 is 0. The standard InChI is InChI=1S/C18H23N3O3/c1-13(7-3-2-4-11-16(22)21-24)18(23)20-15-10-5-8-14-9-6-12-19-17(14)15/h5-6,8-10,12-13,24H,2-4,7,11H2,1H3,(H,20,23)(H,21,22). The van der Waals surface area contributed by atoms with E-state index in [4.69, 9.17) is 5.21 Å². The maximum absolute atomic E-state index is 12.3. The average Bonchev–Trinajstić information content (AvgIpc) is 2.61. The van der Waals surface area contributed by atoms with Crippen LogP contribution in [-0.4, -0.2) is 22.0 Å². The Labute approximate surface area is 141 Å². The van der Waals surface area contributed by atoms with Crippen molar-refractivity contribution < 1.29 is 14.8 Å². The van der Waals surface area contributed by atoms with Crippen molar-refractivity contribution in [3.05, 3.63) is 36.5 Å². The van der Waals surface area contributed by atoms with Gasteiger partial charge in [-0.3, -0.25) is 19.8 Å². The first-order chi connectivity index (χ1) is 11.6. The summed E-state index contributed by atoms with van der Waals surface area (Å²) in [5, 5.41) is 12.4. The fourth-order valence-corrected chi connectivity index (χ4v) is 2.56. The van der Waals surface area contributed by atoms with Crippen LogP contribution in [0.15, 0.2) is 36.5 Å². The van der Waals surface area contributed by atoms with Crippen LogP contribution in [0, 0.1) is 5.92 Å². The van der Waals surface area contributed by atoms with E-state index >= 15 is 0 Å². The van der Waals surface area contributed by atoms with E-state index in [-0.39, 0.29) is 17.7 Å². The van der Waals surface area contributed by atoms with Crippen molar-refractivity contribution in [1.29, 1.82) is 0 Å². The molecular weight excluding hydrogens is 306 g/mol. The summed E-state index contributed by atoms with van der Waals surface area (Å²) >= 11 is 0. The number of hydrogen-bond donors (Lipinski definition) is 3. The molecule has 24 heavy (non-hydrogen) atoms. The first-order valence-electron chi connectivity index (χ1n) is 8.19. The Morgan fingerprint density at radius 2 is 1.96 bits per heavy atom. The molecule has 0 radical (unpaired) electrons. The van der Waals surface area contributed by atoms with Gasteiger partial charge in [0.15, 0.2) is 0 Å². The van der Waals surface area contributed by atoms with Gasteiger partial charge in [-0.25, -0.2) is 5.48 Å². The molecule has 0 bridgehead atoms. The number of unbranched alkanes of at least 4 members (excludes halogenated alkanes) is 2. The average molecular weight is 329 g/mol. The molecule has 2 aromatic rings. The van der Waals surface area contributed by atoms with E-state index in [0.717, 1.165) is 35.9 Å². The number of nitrogens with one attached hydrogen (secondary N) is 2.